The number of halogens is 2. The first-order chi connectivity index (χ1) is 8.86. The average Bonchev–Trinajstić information content (AvgIpc) is 2.41. The number of hydrogen-bond donors (Lipinski definition) is 0. The summed E-state index contributed by atoms with van der Waals surface area (Å²) in [5.41, 5.74) is 0. The number of alkyl halides is 2. The van der Waals surface area contributed by atoms with Crippen LogP contribution in [0.15, 0.2) is 24.3 Å². The Bertz CT molecular complexity index is 270. The maximum atomic E-state index is 5.59. The highest BCUT2D eigenvalue weighted by atomic mass is 35.5. The van der Waals surface area contributed by atoms with E-state index in [9.17, 15) is 0 Å². The fourth-order valence-corrected chi connectivity index (χ4v) is 1.78. The van der Waals surface area contributed by atoms with Gasteiger partial charge in [0, 0.05) is 11.8 Å². The van der Waals surface area contributed by atoms with Gasteiger partial charge in [0.1, 0.15) is 11.5 Å². The minimum Gasteiger partial charge on any atom is -0.494 e. The number of benzene rings is 1. The molecule has 1 aromatic carbocycles. The number of unbranched alkanes of at least 4 members (excludes halogenated alkanes) is 2. The number of rotatable bonds is 10. The maximum absolute atomic E-state index is 5.59. The first kappa shape index (κ1) is 15.5. The molecule has 0 unspecified atom stereocenters. The lowest BCUT2D eigenvalue weighted by atomic mass is 10.3. The summed E-state index contributed by atoms with van der Waals surface area (Å²) in [6, 6.07) is 7.71. The molecule has 0 spiro atoms. The van der Waals surface area contributed by atoms with Crippen molar-refractivity contribution in [3.63, 3.8) is 0 Å². The molecule has 0 aromatic heterocycles. The highest BCUT2D eigenvalue weighted by Gasteiger charge is 1.96. The van der Waals surface area contributed by atoms with Crippen LogP contribution in [0.2, 0.25) is 0 Å². The second-order valence-electron chi connectivity index (χ2n) is 3.96. The van der Waals surface area contributed by atoms with Crippen molar-refractivity contribution in [2.45, 2.75) is 25.7 Å². The highest BCUT2D eigenvalue weighted by molar-refractivity contribution is 6.18. The zero-order chi connectivity index (χ0) is 13.1. The lowest BCUT2D eigenvalue weighted by Crippen LogP contribution is -1.99. The SMILES string of the molecule is ClCCCCOc1ccc(OCCCCCl)cc1. The van der Waals surface area contributed by atoms with Crippen LogP contribution in [0.4, 0.5) is 0 Å². The average molecular weight is 291 g/mol. The van der Waals surface area contributed by atoms with E-state index >= 15 is 0 Å². The van der Waals surface area contributed by atoms with Crippen molar-refractivity contribution in [1.82, 2.24) is 0 Å². The Hall–Kier alpha value is -0.600. The Morgan fingerprint density at radius 2 is 1.06 bits per heavy atom. The third kappa shape index (κ3) is 6.97. The van der Waals surface area contributed by atoms with Gasteiger partial charge in [-0.05, 0) is 49.9 Å². The van der Waals surface area contributed by atoms with Crippen LogP contribution in [0.1, 0.15) is 25.7 Å². The predicted molar refractivity (Wildman–Crippen MR) is 77.3 cm³/mol. The molecule has 0 heterocycles. The topological polar surface area (TPSA) is 18.5 Å². The smallest absolute Gasteiger partial charge is 0.119 e. The van der Waals surface area contributed by atoms with E-state index in [4.69, 9.17) is 32.7 Å². The van der Waals surface area contributed by atoms with E-state index in [1.54, 1.807) is 0 Å². The van der Waals surface area contributed by atoms with Crippen LogP contribution in [0.5, 0.6) is 11.5 Å². The van der Waals surface area contributed by atoms with E-state index in [0.29, 0.717) is 25.0 Å². The molecule has 0 aliphatic rings. The zero-order valence-corrected chi connectivity index (χ0v) is 12.1. The standard InChI is InChI=1S/C14H20Cl2O2/c15-9-1-3-11-17-13-5-7-14(8-6-13)18-12-4-2-10-16/h5-8H,1-4,9-12H2. The lowest BCUT2D eigenvalue weighted by Gasteiger charge is -2.08. The van der Waals surface area contributed by atoms with Crippen molar-refractivity contribution in [1.29, 1.82) is 0 Å². The van der Waals surface area contributed by atoms with E-state index in [2.05, 4.69) is 0 Å². The molecule has 0 fully saturated rings. The molecule has 1 rings (SSSR count). The van der Waals surface area contributed by atoms with E-state index in [0.717, 1.165) is 37.2 Å². The molecule has 0 aliphatic carbocycles. The summed E-state index contributed by atoms with van der Waals surface area (Å²) in [4.78, 5) is 0. The quantitative estimate of drug-likeness (QED) is 0.467. The van der Waals surface area contributed by atoms with Gasteiger partial charge >= 0.3 is 0 Å². The number of hydrogen-bond acceptors (Lipinski definition) is 2. The molecule has 102 valence electrons. The summed E-state index contributed by atoms with van der Waals surface area (Å²) < 4.78 is 11.1. The fourth-order valence-electron chi connectivity index (χ4n) is 1.41. The largest absolute Gasteiger partial charge is 0.494 e. The molecular formula is C14H20Cl2O2. The van der Waals surface area contributed by atoms with Gasteiger partial charge in [-0.3, -0.25) is 0 Å². The third-order valence-corrected chi connectivity index (χ3v) is 2.95. The van der Waals surface area contributed by atoms with Crippen LogP contribution >= 0.6 is 23.2 Å². The molecular weight excluding hydrogens is 271 g/mol. The normalized spacial score (nSPS) is 10.3. The van der Waals surface area contributed by atoms with Gasteiger partial charge in [0.2, 0.25) is 0 Å². The van der Waals surface area contributed by atoms with Crippen LogP contribution in [-0.4, -0.2) is 25.0 Å². The molecule has 0 radical (unpaired) electrons. The van der Waals surface area contributed by atoms with Crippen molar-refractivity contribution in [3.05, 3.63) is 24.3 Å². The van der Waals surface area contributed by atoms with Crippen LogP contribution in [0.3, 0.4) is 0 Å². The van der Waals surface area contributed by atoms with Crippen molar-refractivity contribution < 1.29 is 9.47 Å². The molecule has 0 saturated carbocycles. The maximum Gasteiger partial charge on any atom is 0.119 e. The van der Waals surface area contributed by atoms with Gasteiger partial charge in [0.15, 0.2) is 0 Å². The molecule has 0 saturated heterocycles. The molecule has 0 bridgehead atoms. The van der Waals surface area contributed by atoms with Crippen molar-refractivity contribution in [2.24, 2.45) is 0 Å². The zero-order valence-electron chi connectivity index (χ0n) is 10.5. The summed E-state index contributed by atoms with van der Waals surface area (Å²) in [5.74, 6) is 3.13. The highest BCUT2D eigenvalue weighted by Crippen LogP contribution is 2.18. The summed E-state index contributed by atoms with van der Waals surface area (Å²) in [7, 11) is 0. The first-order valence-electron chi connectivity index (χ1n) is 6.34. The van der Waals surface area contributed by atoms with Gasteiger partial charge in [-0.15, -0.1) is 23.2 Å². The Morgan fingerprint density at radius 3 is 1.39 bits per heavy atom. The van der Waals surface area contributed by atoms with Crippen LogP contribution in [0, 0.1) is 0 Å². The molecule has 0 aliphatic heterocycles. The summed E-state index contributed by atoms with van der Waals surface area (Å²) >= 11 is 11.2. The van der Waals surface area contributed by atoms with Crippen LogP contribution < -0.4 is 9.47 Å². The van der Waals surface area contributed by atoms with E-state index in [1.807, 2.05) is 24.3 Å². The minimum atomic E-state index is 0.693. The van der Waals surface area contributed by atoms with Gasteiger partial charge in [-0.2, -0.15) is 0 Å². The molecule has 2 nitrogen and oxygen atoms in total. The van der Waals surface area contributed by atoms with Crippen molar-refractivity contribution >= 4 is 23.2 Å². The van der Waals surface area contributed by atoms with Gasteiger partial charge in [-0.25, -0.2) is 0 Å². The fraction of sp³-hybridized carbons (Fsp3) is 0.571. The van der Waals surface area contributed by atoms with Gasteiger partial charge in [0.25, 0.3) is 0 Å². The molecule has 0 N–H and O–H groups in total. The van der Waals surface area contributed by atoms with E-state index in [-0.39, 0.29) is 0 Å². The van der Waals surface area contributed by atoms with Crippen LogP contribution in [0.25, 0.3) is 0 Å². The Kier molecular flexibility index (Phi) is 8.87. The second kappa shape index (κ2) is 10.3. The molecule has 1 aromatic rings. The monoisotopic (exact) mass is 290 g/mol. The Morgan fingerprint density at radius 1 is 0.667 bits per heavy atom. The molecule has 0 amide bonds. The van der Waals surface area contributed by atoms with Crippen molar-refractivity contribution in [3.8, 4) is 11.5 Å². The van der Waals surface area contributed by atoms with Crippen LogP contribution in [-0.2, 0) is 0 Å². The van der Waals surface area contributed by atoms with Gasteiger partial charge in [-0.1, -0.05) is 0 Å². The second-order valence-corrected chi connectivity index (χ2v) is 4.72. The number of ether oxygens (including phenoxy) is 2. The van der Waals surface area contributed by atoms with Gasteiger partial charge in [0.05, 0.1) is 13.2 Å². The minimum absolute atomic E-state index is 0.693. The molecule has 4 heteroatoms. The summed E-state index contributed by atoms with van der Waals surface area (Å²) in [6.07, 6.45) is 3.95. The molecule has 0 atom stereocenters. The van der Waals surface area contributed by atoms with Gasteiger partial charge < -0.3 is 9.47 Å². The predicted octanol–water partition coefficient (Wildman–Crippen LogP) is 4.48. The summed E-state index contributed by atoms with van der Waals surface area (Å²) in [5, 5.41) is 0. The lowest BCUT2D eigenvalue weighted by molar-refractivity contribution is 0.301. The van der Waals surface area contributed by atoms with E-state index in [1.165, 1.54) is 0 Å². The first-order valence-corrected chi connectivity index (χ1v) is 7.41. The Labute approximate surface area is 119 Å². The molecule has 18 heavy (non-hydrogen) atoms. The van der Waals surface area contributed by atoms with E-state index < -0.39 is 0 Å². The van der Waals surface area contributed by atoms with Crippen molar-refractivity contribution in [2.75, 3.05) is 25.0 Å². The summed E-state index contributed by atoms with van der Waals surface area (Å²) in [6.45, 7) is 1.42. The Balaban J connectivity index is 2.20. The third-order valence-electron chi connectivity index (χ3n) is 2.42.